The molecule has 0 unspecified atom stereocenters. The third-order valence-electron chi connectivity index (χ3n) is 18.7. The van der Waals surface area contributed by atoms with E-state index in [0.717, 1.165) is 77.6 Å². The molecule has 10 aromatic carbocycles. The van der Waals surface area contributed by atoms with Gasteiger partial charge in [-0.15, -0.1) is 0 Å². The number of nitrogens with zero attached hydrogens (tertiary/aromatic N) is 11. The molecule has 11 heteroatoms. The van der Waals surface area contributed by atoms with Gasteiger partial charge in [0.05, 0.1) is 60.7 Å². The Morgan fingerprint density at radius 3 is 1.04 bits per heavy atom. The van der Waals surface area contributed by atoms with Gasteiger partial charge < -0.3 is 0 Å². The molecule has 0 N–H and O–H groups in total. The van der Waals surface area contributed by atoms with Crippen LogP contribution in [0.4, 0.5) is 0 Å². The van der Waals surface area contributed by atoms with Gasteiger partial charge in [0.1, 0.15) is 0 Å². The second kappa shape index (κ2) is 70.1. The first-order chi connectivity index (χ1) is 65.8. The fourth-order valence-electron chi connectivity index (χ4n) is 13.2. The fourth-order valence-corrected chi connectivity index (χ4v) is 13.2. The Kier molecular flexibility index (Phi) is 61.8. The molecule has 704 valence electrons. The summed E-state index contributed by atoms with van der Waals surface area (Å²) in [5.74, 6) is 0. The monoisotopic (exact) mass is 1790 g/mol. The molecule has 0 amide bonds. The topological polar surface area (TPSA) is 142 Å². The maximum atomic E-state index is 4.60. The fraction of sp³-hybridized carbons (Fsp3) is 0.276. The lowest BCUT2D eigenvalue weighted by atomic mass is 10.0. The van der Waals surface area contributed by atoms with Crippen molar-refractivity contribution in [1.82, 2.24) is 54.8 Å². The lowest BCUT2D eigenvalue weighted by Crippen LogP contribution is -1.86. The summed E-state index contributed by atoms with van der Waals surface area (Å²) >= 11 is 0. The van der Waals surface area contributed by atoms with Crippen LogP contribution in [0.15, 0.2) is 335 Å². The van der Waals surface area contributed by atoms with Crippen LogP contribution in [0.1, 0.15) is 225 Å². The molecule has 0 spiro atoms. The Hall–Kier alpha value is -13.8. The predicted octanol–water partition coefficient (Wildman–Crippen LogP) is 37.6. The molecule has 11 nitrogen and oxygen atoms in total. The summed E-state index contributed by atoms with van der Waals surface area (Å²) < 4.78 is 0. The highest BCUT2D eigenvalue weighted by Gasteiger charge is 2.08. The minimum Gasteiger partial charge on any atom is -0.256 e. The predicted molar refractivity (Wildman–Crippen MR) is 600 cm³/mol. The van der Waals surface area contributed by atoms with E-state index in [2.05, 4.69) is 277 Å². The molecule has 134 heavy (non-hydrogen) atoms. The van der Waals surface area contributed by atoms with E-state index >= 15 is 0 Å². The van der Waals surface area contributed by atoms with E-state index in [1.165, 1.54) is 109 Å². The molecule has 11 heterocycles. The standard InChI is InChI=1S/5C14H11N.3C9H8N2.13C2H6/c1-10-11-6-2-3-7-12(11)13-8-4-5-9-14(13)15-10;1-10-6-7-12-11(8-10)9-15-14-5-3-2-4-13(12)14;1-10-6-7-11-9-15-14-5-3-2-4-12(14)13(11)8-10;1-10-6-7-14-13(8-10)12-5-3-2-4-11(12)9-15-14;1-10-6-7-13-12-5-3-2-4-11(12)9-15-14(13)8-10;1-7-4-5-8-9(11-7)3-2-6-10-8;1-7-4-6-10-8-3-2-5-11-9(7)8;1-7-5-9-8(11-6-7)3-2-4-10-9;13*1-2/h5*2-9H,1H3;3*2-6H,1H3;13*1-2H3. The molecule has 21 rings (SSSR count). The summed E-state index contributed by atoms with van der Waals surface area (Å²) in [5.41, 5.74) is 20.7. The van der Waals surface area contributed by atoms with Gasteiger partial charge in [-0.2, -0.15) is 0 Å². The zero-order chi connectivity index (χ0) is 100. The average Bonchev–Trinajstić information content (AvgIpc) is 0.778. The van der Waals surface area contributed by atoms with Gasteiger partial charge in [0.2, 0.25) is 0 Å². The van der Waals surface area contributed by atoms with Gasteiger partial charge in [0.25, 0.3) is 0 Å². The van der Waals surface area contributed by atoms with E-state index in [0.29, 0.717) is 0 Å². The maximum absolute atomic E-state index is 4.60. The lowest BCUT2D eigenvalue weighted by molar-refractivity contribution is 1.24. The molecule has 21 aromatic rings. The van der Waals surface area contributed by atoms with E-state index < -0.39 is 0 Å². The van der Waals surface area contributed by atoms with Crippen LogP contribution in [0, 0.1) is 55.4 Å². The summed E-state index contributed by atoms with van der Waals surface area (Å²) in [6, 6.07) is 95.3. The third kappa shape index (κ3) is 35.7. The second-order valence-corrected chi connectivity index (χ2v) is 26.8. The molecule has 0 aliphatic heterocycles. The van der Waals surface area contributed by atoms with Crippen LogP contribution in [-0.4, -0.2) is 54.8 Å². The van der Waals surface area contributed by atoms with Gasteiger partial charge in [-0.3, -0.25) is 54.8 Å². The highest BCUT2D eigenvalue weighted by Crippen LogP contribution is 2.30. The molecule has 0 aliphatic carbocycles. The number of rotatable bonds is 0. The second-order valence-electron chi connectivity index (χ2n) is 26.8. The number of para-hydroxylation sites is 3. The lowest BCUT2D eigenvalue weighted by Gasteiger charge is -2.05. The summed E-state index contributed by atoms with van der Waals surface area (Å²) in [6.45, 7) is 68.5. The summed E-state index contributed by atoms with van der Waals surface area (Å²) in [6.07, 6.45) is 16.8. The minimum atomic E-state index is 0.957. The number of benzene rings is 10. The Morgan fingerprint density at radius 1 is 0.157 bits per heavy atom. The van der Waals surface area contributed by atoms with E-state index in [4.69, 9.17) is 0 Å². The quantitative estimate of drug-likeness (QED) is 0.134. The highest BCUT2D eigenvalue weighted by atomic mass is 14.8. The van der Waals surface area contributed by atoms with Crippen LogP contribution >= 0.6 is 0 Å². The van der Waals surface area contributed by atoms with E-state index in [9.17, 15) is 0 Å². The highest BCUT2D eigenvalue weighted by molar-refractivity contribution is 6.09. The summed E-state index contributed by atoms with van der Waals surface area (Å²) in [5, 5.41) is 18.7. The van der Waals surface area contributed by atoms with Crippen LogP contribution in [-0.2, 0) is 0 Å². The van der Waals surface area contributed by atoms with Crippen molar-refractivity contribution in [2.45, 2.75) is 235 Å². The zero-order valence-corrected chi connectivity index (χ0v) is 87.7. The SMILES string of the molecule is CC.CC.CC.CC.CC.CC.CC.CC.CC.CC.CC.CC.CC.Cc1ccc2c(c1)ncc1ccccc12.Cc1ccc2c(cnc3ccccc32)c1.Cc1ccc2cnc3ccccc3c2c1.Cc1ccc2ncc3ccccc3c2c1.Cc1ccc2ncccc2n1.Cc1ccnc2cccnc12.Cc1cnc2cccnc2c1.Cc1nc2ccccc2c2ccccc12. The van der Waals surface area contributed by atoms with E-state index in [-0.39, 0.29) is 0 Å². The van der Waals surface area contributed by atoms with Crippen molar-refractivity contribution in [3.05, 3.63) is 380 Å². The number of aromatic nitrogens is 11. The number of pyridine rings is 11. The van der Waals surface area contributed by atoms with Crippen molar-refractivity contribution >= 4 is 141 Å². The molecule has 0 saturated carbocycles. The van der Waals surface area contributed by atoms with Gasteiger partial charge in [-0.05, 0) is 202 Å². The first kappa shape index (κ1) is 118. The molecule has 11 aromatic heterocycles. The average molecular weight is 1790 g/mol. The van der Waals surface area contributed by atoms with Crippen molar-refractivity contribution in [2.75, 3.05) is 0 Å². The largest absolute Gasteiger partial charge is 0.256 e. The third-order valence-corrected chi connectivity index (χ3v) is 18.7. The first-order valence-electron chi connectivity index (χ1n) is 49.1. The molecule has 0 saturated heterocycles. The van der Waals surface area contributed by atoms with Crippen LogP contribution in [0.5, 0.6) is 0 Å². The Morgan fingerprint density at radius 2 is 0.485 bits per heavy atom. The van der Waals surface area contributed by atoms with Gasteiger partial charge in [-0.25, -0.2) is 0 Å². The van der Waals surface area contributed by atoms with Crippen LogP contribution in [0.25, 0.3) is 141 Å². The Labute approximate surface area is 806 Å². The minimum absolute atomic E-state index is 0.957. The maximum Gasteiger partial charge on any atom is 0.0915 e. The van der Waals surface area contributed by atoms with Gasteiger partial charge in [-0.1, -0.05) is 373 Å². The number of fused-ring (bicyclic) bond motifs is 18. The molecule has 0 atom stereocenters. The molecule has 0 aliphatic rings. The zero-order valence-electron chi connectivity index (χ0n) is 87.7. The molecular weight excluding hydrogens is 1630 g/mol. The van der Waals surface area contributed by atoms with E-state index in [1.54, 1.807) is 24.8 Å². The van der Waals surface area contributed by atoms with Crippen LogP contribution in [0.2, 0.25) is 0 Å². The van der Waals surface area contributed by atoms with Gasteiger partial charge >= 0.3 is 0 Å². The van der Waals surface area contributed by atoms with E-state index in [1.807, 2.05) is 323 Å². The molecular formula is C123H157N11. The number of hydrogen-bond acceptors (Lipinski definition) is 11. The molecule has 0 fully saturated rings. The smallest absolute Gasteiger partial charge is 0.0915 e. The van der Waals surface area contributed by atoms with Crippen LogP contribution < -0.4 is 0 Å². The first-order valence-corrected chi connectivity index (χ1v) is 49.1. The van der Waals surface area contributed by atoms with Crippen molar-refractivity contribution in [1.29, 1.82) is 0 Å². The van der Waals surface area contributed by atoms with Gasteiger partial charge in [0, 0.05) is 121 Å². The Balaban J connectivity index is 0.000000741. The Bertz CT molecular complexity index is 6440. The van der Waals surface area contributed by atoms with Crippen molar-refractivity contribution in [3.8, 4) is 0 Å². The van der Waals surface area contributed by atoms with Crippen molar-refractivity contribution in [2.24, 2.45) is 0 Å². The summed E-state index contributed by atoms with van der Waals surface area (Å²) in [4.78, 5) is 47.7. The molecule has 0 bridgehead atoms. The number of aryl methyl sites for hydroxylation is 8. The van der Waals surface area contributed by atoms with Gasteiger partial charge in [0.15, 0.2) is 0 Å². The number of hydrogen-bond donors (Lipinski definition) is 0. The molecule has 0 radical (unpaired) electrons. The van der Waals surface area contributed by atoms with Crippen LogP contribution in [0.3, 0.4) is 0 Å². The van der Waals surface area contributed by atoms with Crippen molar-refractivity contribution in [3.63, 3.8) is 0 Å². The normalized spacial score (nSPS) is 9.27. The van der Waals surface area contributed by atoms with Crippen molar-refractivity contribution < 1.29 is 0 Å². The summed E-state index contributed by atoms with van der Waals surface area (Å²) in [7, 11) is 0.